The van der Waals surface area contributed by atoms with Crippen molar-refractivity contribution in [3.05, 3.63) is 38.7 Å². The third-order valence-electron chi connectivity index (χ3n) is 1.85. The highest BCUT2D eigenvalue weighted by molar-refractivity contribution is 9.10. The second kappa shape index (κ2) is 2.96. The molecule has 4 heteroatoms. The number of hydrogen-bond donors (Lipinski definition) is 1. The van der Waals surface area contributed by atoms with Gasteiger partial charge in [0.2, 0.25) is 0 Å². The van der Waals surface area contributed by atoms with Gasteiger partial charge in [-0.05, 0) is 41.1 Å². The Labute approximate surface area is 82.9 Å². The van der Waals surface area contributed by atoms with Crippen molar-refractivity contribution in [1.29, 1.82) is 0 Å². The van der Waals surface area contributed by atoms with Crippen molar-refractivity contribution in [2.75, 3.05) is 0 Å². The SMILES string of the molecule is Cc1cc2ccc(Br)nc2[nH]c1=O. The Kier molecular flexibility index (Phi) is 1.92. The van der Waals surface area contributed by atoms with Gasteiger partial charge in [-0.3, -0.25) is 4.79 Å². The monoisotopic (exact) mass is 238 g/mol. The first-order valence-corrected chi connectivity index (χ1v) is 4.62. The lowest BCUT2D eigenvalue weighted by Crippen LogP contribution is -2.09. The van der Waals surface area contributed by atoms with Crippen LogP contribution in [0, 0.1) is 6.92 Å². The lowest BCUT2D eigenvalue weighted by molar-refractivity contribution is 1.18. The topological polar surface area (TPSA) is 45.8 Å². The summed E-state index contributed by atoms with van der Waals surface area (Å²) in [6.07, 6.45) is 0. The van der Waals surface area contributed by atoms with Crippen LogP contribution < -0.4 is 5.56 Å². The van der Waals surface area contributed by atoms with Crippen LogP contribution in [0.1, 0.15) is 5.56 Å². The Hall–Kier alpha value is -1.16. The van der Waals surface area contributed by atoms with Crippen LogP contribution in [0.4, 0.5) is 0 Å². The van der Waals surface area contributed by atoms with Crippen LogP contribution >= 0.6 is 15.9 Å². The van der Waals surface area contributed by atoms with Crippen LogP contribution in [0.3, 0.4) is 0 Å². The van der Waals surface area contributed by atoms with E-state index in [0.29, 0.717) is 11.2 Å². The van der Waals surface area contributed by atoms with Crippen molar-refractivity contribution in [2.24, 2.45) is 0 Å². The Bertz CT molecular complexity index is 518. The molecule has 66 valence electrons. The predicted molar refractivity (Wildman–Crippen MR) is 54.8 cm³/mol. The van der Waals surface area contributed by atoms with E-state index in [1.165, 1.54) is 0 Å². The minimum absolute atomic E-state index is 0.0851. The van der Waals surface area contributed by atoms with Gasteiger partial charge in [0.15, 0.2) is 0 Å². The van der Waals surface area contributed by atoms with Gasteiger partial charge in [-0.25, -0.2) is 4.98 Å². The summed E-state index contributed by atoms with van der Waals surface area (Å²) in [7, 11) is 0. The van der Waals surface area contributed by atoms with E-state index in [4.69, 9.17) is 0 Å². The van der Waals surface area contributed by atoms with Crippen molar-refractivity contribution in [2.45, 2.75) is 6.92 Å². The summed E-state index contributed by atoms with van der Waals surface area (Å²) < 4.78 is 0.722. The standard InChI is InChI=1S/C9H7BrN2O/c1-5-4-6-2-3-7(10)11-8(6)12-9(5)13/h2-4H,1H3,(H,11,12,13). The normalized spacial score (nSPS) is 10.6. The smallest absolute Gasteiger partial charge is 0.252 e. The van der Waals surface area contributed by atoms with E-state index in [1.54, 1.807) is 6.92 Å². The highest BCUT2D eigenvalue weighted by Crippen LogP contribution is 2.12. The van der Waals surface area contributed by atoms with Crippen LogP contribution in [0.25, 0.3) is 11.0 Å². The molecule has 13 heavy (non-hydrogen) atoms. The second-order valence-electron chi connectivity index (χ2n) is 2.85. The molecule has 2 heterocycles. The number of aromatic amines is 1. The average molecular weight is 239 g/mol. The van der Waals surface area contributed by atoms with Gasteiger partial charge in [0.1, 0.15) is 10.3 Å². The Balaban J connectivity index is 2.89. The van der Waals surface area contributed by atoms with Gasteiger partial charge >= 0.3 is 0 Å². The van der Waals surface area contributed by atoms with Crippen LogP contribution in [0.5, 0.6) is 0 Å². The molecule has 0 spiro atoms. The van der Waals surface area contributed by atoms with E-state index in [2.05, 4.69) is 25.9 Å². The van der Waals surface area contributed by atoms with Gasteiger partial charge < -0.3 is 4.98 Å². The Morgan fingerprint density at radius 3 is 3.00 bits per heavy atom. The molecule has 0 radical (unpaired) electrons. The molecular weight excluding hydrogens is 232 g/mol. The molecular formula is C9H7BrN2O. The lowest BCUT2D eigenvalue weighted by Gasteiger charge is -1.98. The molecule has 1 N–H and O–H groups in total. The number of aryl methyl sites for hydroxylation is 1. The second-order valence-corrected chi connectivity index (χ2v) is 3.67. The molecule has 0 aliphatic rings. The fraction of sp³-hybridized carbons (Fsp3) is 0.111. The number of rotatable bonds is 0. The number of pyridine rings is 2. The fourth-order valence-electron chi connectivity index (χ4n) is 1.17. The van der Waals surface area contributed by atoms with Crippen molar-refractivity contribution in [3.63, 3.8) is 0 Å². The molecule has 3 nitrogen and oxygen atoms in total. The van der Waals surface area contributed by atoms with Gasteiger partial charge in [-0.2, -0.15) is 0 Å². The number of halogens is 1. The lowest BCUT2D eigenvalue weighted by atomic mass is 10.2. The van der Waals surface area contributed by atoms with Gasteiger partial charge in [0.25, 0.3) is 5.56 Å². The zero-order chi connectivity index (χ0) is 9.42. The summed E-state index contributed by atoms with van der Waals surface area (Å²) in [4.78, 5) is 18.1. The number of nitrogens with one attached hydrogen (secondary N) is 1. The molecule has 2 aromatic rings. The third kappa shape index (κ3) is 1.49. The molecule has 0 unspecified atom stereocenters. The van der Waals surface area contributed by atoms with Crippen LogP contribution in [-0.4, -0.2) is 9.97 Å². The van der Waals surface area contributed by atoms with Gasteiger partial charge in [-0.1, -0.05) is 0 Å². The van der Waals surface area contributed by atoms with Crippen LogP contribution in [0.2, 0.25) is 0 Å². The maximum Gasteiger partial charge on any atom is 0.252 e. The van der Waals surface area contributed by atoms with E-state index in [1.807, 2.05) is 18.2 Å². The summed E-state index contributed by atoms with van der Waals surface area (Å²) in [5.41, 5.74) is 1.24. The first kappa shape index (κ1) is 8.44. The maximum absolute atomic E-state index is 11.2. The molecule has 0 amide bonds. The molecule has 0 bridgehead atoms. The molecule has 0 fully saturated rings. The summed E-state index contributed by atoms with van der Waals surface area (Å²) >= 11 is 3.24. The van der Waals surface area contributed by atoms with Crippen molar-refractivity contribution < 1.29 is 0 Å². The highest BCUT2D eigenvalue weighted by atomic mass is 79.9. The summed E-state index contributed by atoms with van der Waals surface area (Å²) in [6.45, 7) is 1.78. The average Bonchev–Trinajstić information content (AvgIpc) is 2.08. The fourth-order valence-corrected chi connectivity index (χ4v) is 1.48. The van der Waals surface area contributed by atoms with Crippen LogP contribution in [0.15, 0.2) is 27.6 Å². The van der Waals surface area contributed by atoms with Crippen molar-refractivity contribution >= 4 is 27.0 Å². The summed E-state index contributed by atoms with van der Waals surface area (Å²) in [5.74, 6) is 0. The van der Waals surface area contributed by atoms with Crippen molar-refractivity contribution in [3.8, 4) is 0 Å². The molecule has 2 aromatic heterocycles. The first-order valence-electron chi connectivity index (χ1n) is 3.83. The predicted octanol–water partition coefficient (Wildman–Crippen LogP) is 1.99. The zero-order valence-corrected chi connectivity index (χ0v) is 8.55. The Morgan fingerprint density at radius 1 is 1.46 bits per heavy atom. The van der Waals surface area contributed by atoms with Gasteiger partial charge in [0.05, 0.1) is 0 Å². The minimum Gasteiger partial charge on any atom is -0.306 e. The molecule has 0 saturated carbocycles. The van der Waals surface area contributed by atoms with E-state index in [-0.39, 0.29) is 5.56 Å². The number of fused-ring (bicyclic) bond motifs is 1. The minimum atomic E-state index is -0.0851. The first-order chi connectivity index (χ1) is 6.16. The van der Waals surface area contributed by atoms with Crippen LogP contribution in [-0.2, 0) is 0 Å². The van der Waals surface area contributed by atoms with Gasteiger partial charge in [-0.15, -0.1) is 0 Å². The number of hydrogen-bond acceptors (Lipinski definition) is 2. The van der Waals surface area contributed by atoms with E-state index in [9.17, 15) is 4.79 Å². The molecule has 0 aromatic carbocycles. The van der Waals surface area contributed by atoms with E-state index < -0.39 is 0 Å². The van der Waals surface area contributed by atoms with E-state index in [0.717, 1.165) is 9.99 Å². The molecule has 0 aliphatic heterocycles. The zero-order valence-electron chi connectivity index (χ0n) is 6.97. The Morgan fingerprint density at radius 2 is 2.23 bits per heavy atom. The highest BCUT2D eigenvalue weighted by Gasteiger charge is 1.99. The number of H-pyrrole nitrogens is 1. The number of nitrogens with zero attached hydrogens (tertiary/aromatic N) is 1. The molecule has 2 rings (SSSR count). The van der Waals surface area contributed by atoms with Gasteiger partial charge in [0, 0.05) is 10.9 Å². The largest absolute Gasteiger partial charge is 0.306 e. The molecule has 0 saturated heterocycles. The molecule has 0 aliphatic carbocycles. The van der Waals surface area contributed by atoms with Crippen molar-refractivity contribution in [1.82, 2.24) is 9.97 Å². The summed E-state index contributed by atoms with van der Waals surface area (Å²) in [5, 5.41) is 0.945. The quantitative estimate of drug-likeness (QED) is 0.714. The number of aromatic nitrogens is 2. The molecule has 0 atom stereocenters. The maximum atomic E-state index is 11.2. The third-order valence-corrected chi connectivity index (χ3v) is 2.30. The van der Waals surface area contributed by atoms with E-state index >= 15 is 0 Å². The summed E-state index contributed by atoms with van der Waals surface area (Å²) in [6, 6.07) is 5.59.